The summed E-state index contributed by atoms with van der Waals surface area (Å²) in [6.07, 6.45) is 15.6. The zero-order valence-electron chi connectivity index (χ0n) is 21.9. The van der Waals surface area contributed by atoms with Crippen LogP contribution in [0.3, 0.4) is 0 Å². The lowest BCUT2D eigenvalue weighted by Gasteiger charge is -2.71. The molecule has 8 atom stereocenters. The third-order valence-corrected chi connectivity index (χ3v) is 12.6. The molecular formula is C30H50O. The van der Waals surface area contributed by atoms with E-state index >= 15 is 0 Å². The maximum atomic E-state index is 11.9. The molecule has 4 fully saturated rings. The maximum Gasteiger partial charge on any atom is 0.0637 e. The molecule has 0 heterocycles. The highest BCUT2D eigenvalue weighted by Crippen LogP contribution is 2.74. The van der Waals surface area contributed by atoms with E-state index in [1.807, 2.05) is 0 Å². The lowest BCUT2D eigenvalue weighted by atomic mass is 9.34. The van der Waals surface area contributed by atoms with Gasteiger partial charge in [-0.3, -0.25) is 0 Å². The van der Waals surface area contributed by atoms with Crippen molar-refractivity contribution in [3.05, 3.63) is 11.6 Å². The smallest absolute Gasteiger partial charge is 0.0637 e. The SMILES string of the molecule is CC1(C)CCC2(C)CC=C3C(C)(CCC4C5(C)CCCC(C)(C)C5CC(O)C34C)C2C1. The van der Waals surface area contributed by atoms with E-state index in [2.05, 4.69) is 61.5 Å². The Balaban J connectivity index is 1.60. The second-order valence-corrected chi connectivity index (χ2v) is 15.3. The van der Waals surface area contributed by atoms with Crippen LogP contribution in [-0.2, 0) is 0 Å². The van der Waals surface area contributed by atoms with Crippen LogP contribution in [0.15, 0.2) is 11.6 Å². The van der Waals surface area contributed by atoms with Gasteiger partial charge < -0.3 is 5.11 Å². The highest BCUT2D eigenvalue weighted by atomic mass is 16.3. The van der Waals surface area contributed by atoms with Gasteiger partial charge in [-0.2, -0.15) is 0 Å². The summed E-state index contributed by atoms with van der Waals surface area (Å²) >= 11 is 0. The van der Waals surface area contributed by atoms with Gasteiger partial charge in [0.15, 0.2) is 0 Å². The second kappa shape index (κ2) is 6.43. The third-order valence-electron chi connectivity index (χ3n) is 12.6. The molecule has 0 saturated heterocycles. The summed E-state index contributed by atoms with van der Waals surface area (Å²) in [6, 6.07) is 0. The van der Waals surface area contributed by atoms with Crippen LogP contribution in [0.25, 0.3) is 0 Å². The number of rotatable bonds is 0. The molecule has 0 bridgehead atoms. The van der Waals surface area contributed by atoms with Gasteiger partial charge in [0.25, 0.3) is 0 Å². The number of aliphatic hydroxyl groups excluding tert-OH is 1. The number of aliphatic hydroxyl groups is 1. The predicted octanol–water partition coefficient (Wildman–Crippen LogP) is 8.17. The van der Waals surface area contributed by atoms with Crippen LogP contribution in [0.4, 0.5) is 0 Å². The van der Waals surface area contributed by atoms with Gasteiger partial charge in [0, 0.05) is 5.41 Å². The van der Waals surface area contributed by atoms with Crippen molar-refractivity contribution in [1.29, 1.82) is 0 Å². The fraction of sp³-hybridized carbons (Fsp3) is 0.933. The van der Waals surface area contributed by atoms with E-state index < -0.39 is 0 Å². The van der Waals surface area contributed by atoms with Crippen LogP contribution in [0.5, 0.6) is 0 Å². The minimum Gasteiger partial charge on any atom is -0.392 e. The minimum atomic E-state index is -0.181. The number of fused-ring (bicyclic) bond motifs is 7. The van der Waals surface area contributed by atoms with Gasteiger partial charge >= 0.3 is 0 Å². The molecule has 5 aliphatic rings. The molecule has 0 aliphatic heterocycles. The summed E-state index contributed by atoms with van der Waals surface area (Å²) in [7, 11) is 0. The first-order chi connectivity index (χ1) is 14.2. The average molecular weight is 427 g/mol. The lowest BCUT2D eigenvalue weighted by Crippen LogP contribution is -2.65. The molecule has 5 aliphatic carbocycles. The van der Waals surface area contributed by atoms with Crippen molar-refractivity contribution in [3.63, 3.8) is 0 Å². The Morgan fingerprint density at radius 2 is 1.52 bits per heavy atom. The fourth-order valence-corrected chi connectivity index (χ4v) is 10.8. The monoisotopic (exact) mass is 426 g/mol. The van der Waals surface area contributed by atoms with Crippen molar-refractivity contribution in [2.24, 2.45) is 50.2 Å². The van der Waals surface area contributed by atoms with E-state index in [0.29, 0.717) is 33.5 Å². The summed E-state index contributed by atoms with van der Waals surface area (Å²) in [6.45, 7) is 20.4. The molecule has 0 spiro atoms. The van der Waals surface area contributed by atoms with Crippen LogP contribution in [-0.4, -0.2) is 11.2 Å². The van der Waals surface area contributed by atoms with Crippen LogP contribution in [0, 0.1) is 50.2 Å². The summed E-state index contributed by atoms with van der Waals surface area (Å²) in [5, 5.41) is 11.9. The molecule has 8 unspecified atom stereocenters. The van der Waals surface area contributed by atoms with Gasteiger partial charge in [0.1, 0.15) is 0 Å². The molecule has 176 valence electrons. The van der Waals surface area contributed by atoms with Crippen molar-refractivity contribution < 1.29 is 5.11 Å². The summed E-state index contributed by atoms with van der Waals surface area (Å²) < 4.78 is 0. The van der Waals surface area contributed by atoms with Gasteiger partial charge in [-0.25, -0.2) is 0 Å². The van der Waals surface area contributed by atoms with E-state index in [9.17, 15) is 5.11 Å². The normalized spacial score (nSPS) is 55.2. The third kappa shape index (κ3) is 2.83. The van der Waals surface area contributed by atoms with E-state index in [4.69, 9.17) is 0 Å². The Hall–Kier alpha value is -0.300. The van der Waals surface area contributed by atoms with Crippen molar-refractivity contribution >= 4 is 0 Å². The molecule has 1 heteroatoms. The van der Waals surface area contributed by atoms with Crippen molar-refractivity contribution in [2.45, 2.75) is 126 Å². The Labute approximate surface area is 192 Å². The van der Waals surface area contributed by atoms with E-state index in [1.54, 1.807) is 5.57 Å². The molecule has 0 aromatic heterocycles. The van der Waals surface area contributed by atoms with Crippen LogP contribution in [0.1, 0.15) is 120 Å². The Bertz CT molecular complexity index is 790. The molecule has 0 aromatic carbocycles. The predicted molar refractivity (Wildman–Crippen MR) is 131 cm³/mol. The Morgan fingerprint density at radius 3 is 2.23 bits per heavy atom. The Kier molecular flexibility index (Phi) is 4.66. The molecule has 0 amide bonds. The van der Waals surface area contributed by atoms with Gasteiger partial charge in [-0.1, -0.05) is 73.5 Å². The molecule has 0 aromatic rings. The van der Waals surface area contributed by atoms with Crippen molar-refractivity contribution in [2.75, 3.05) is 0 Å². The first kappa shape index (κ1) is 22.5. The number of hydrogen-bond acceptors (Lipinski definition) is 1. The average Bonchev–Trinajstić information content (AvgIpc) is 2.65. The van der Waals surface area contributed by atoms with Crippen LogP contribution < -0.4 is 0 Å². The molecule has 1 nitrogen and oxygen atoms in total. The van der Waals surface area contributed by atoms with Gasteiger partial charge in [0.05, 0.1) is 6.10 Å². The maximum absolute atomic E-state index is 11.9. The highest BCUT2D eigenvalue weighted by molar-refractivity contribution is 5.36. The summed E-state index contributed by atoms with van der Waals surface area (Å²) in [4.78, 5) is 0. The van der Waals surface area contributed by atoms with E-state index in [1.165, 1.54) is 57.8 Å². The molecular weight excluding hydrogens is 376 g/mol. The second-order valence-electron chi connectivity index (χ2n) is 15.3. The molecule has 5 rings (SSSR count). The molecule has 4 saturated carbocycles. The van der Waals surface area contributed by atoms with Crippen LogP contribution >= 0.6 is 0 Å². The minimum absolute atomic E-state index is 0.0331. The fourth-order valence-electron chi connectivity index (χ4n) is 10.8. The van der Waals surface area contributed by atoms with Gasteiger partial charge in [-0.15, -0.1) is 0 Å². The topological polar surface area (TPSA) is 20.2 Å². The first-order valence-corrected chi connectivity index (χ1v) is 13.6. The summed E-state index contributed by atoms with van der Waals surface area (Å²) in [5.41, 5.74) is 3.58. The number of hydrogen-bond donors (Lipinski definition) is 1. The van der Waals surface area contributed by atoms with Gasteiger partial charge in [0.2, 0.25) is 0 Å². The summed E-state index contributed by atoms with van der Waals surface area (Å²) in [5.74, 6) is 2.06. The highest BCUT2D eigenvalue weighted by Gasteiger charge is 2.68. The van der Waals surface area contributed by atoms with E-state index in [-0.39, 0.29) is 16.9 Å². The quantitative estimate of drug-likeness (QED) is 0.387. The standard InChI is InChI=1S/C30H50O/c1-25(2)16-17-27(5)14-10-20-29(7,23(27)19-25)15-11-21-28(6)13-9-12-26(3,4)22(28)18-24(31)30(20,21)8/h10,21-24,31H,9,11-19H2,1-8H3. The molecule has 1 N–H and O–H groups in total. The number of allylic oxidation sites excluding steroid dienone is 1. The first-order valence-electron chi connectivity index (χ1n) is 13.6. The lowest BCUT2D eigenvalue weighted by molar-refractivity contribution is -0.198. The van der Waals surface area contributed by atoms with Crippen LogP contribution in [0.2, 0.25) is 0 Å². The largest absolute Gasteiger partial charge is 0.392 e. The van der Waals surface area contributed by atoms with Gasteiger partial charge in [-0.05, 0) is 103 Å². The Morgan fingerprint density at radius 1 is 0.806 bits per heavy atom. The molecule has 31 heavy (non-hydrogen) atoms. The zero-order valence-corrected chi connectivity index (χ0v) is 21.9. The van der Waals surface area contributed by atoms with Crippen molar-refractivity contribution in [1.82, 2.24) is 0 Å². The van der Waals surface area contributed by atoms with E-state index in [0.717, 1.165) is 12.3 Å². The van der Waals surface area contributed by atoms with Crippen molar-refractivity contribution in [3.8, 4) is 0 Å². The zero-order chi connectivity index (χ0) is 22.7. The molecule has 0 radical (unpaired) electrons.